The lowest BCUT2D eigenvalue weighted by molar-refractivity contribution is 0.628. The molecule has 1 aromatic heterocycles. The Labute approximate surface area is 116 Å². The van der Waals surface area contributed by atoms with Crippen LogP contribution in [0.3, 0.4) is 0 Å². The fourth-order valence-electron chi connectivity index (χ4n) is 1.95. The number of rotatable bonds is 4. The van der Waals surface area contributed by atoms with Gasteiger partial charge in [0.2, 0.25) is 0 Å². The highest BCUT2D eigenvalue weighted by molar-refractivity contribution is 5.43. The summed E-state index contributed by atoms with van der Waals surface area (Å²) in [5.41, 5.74) is 2.98. The van der Waals surface area contributed by atoms with E-state index in [0.29, 0.717) is 6.54 Å². The number of hydrogen-bond donors (Lipinski definition) is 1. The first-order valence-electron chi connectivity index (χ1n) is 6.40. The zero-order chi connectivity index (χ0) is 13.8. The number of para-hydroxylation sites is 1. The normalized spacial score (nSPS) is 10.4. The average molecular weight is 267 g/mol. The molecule has 3 nitrogen and oxygen atoms in total. The SMILES string of the molecule is Fc1ccc(NCc2cnn(-c3ccccc3)c2)cc1. The van der Waals surface area contributed by atoms with Crippen LogP contribution in [0.1, 0.15) is 5.56 Å². The minimum Gasteiger partial charge on any atom is -0.381 e. The van der Waals surface area contributed by atoms with Gasteiger partial charge in [-0.1, -0.05) is 18.2 Å². The lowest BCUT2D eigenvalue weighted by Crippen LogP contribution is -1.98. The molecule has 0 atom stereocenters. The minimum absolute atomic E-state index is 0.229. The van der Waals surface area contributed by atoms with Gasteiger partial charge in [0.1, 0.15) is 5.82 Å². The predicted molar refractivity (Wildman–Crippen MR) is 77.3 cm³/mol. The lowest BCUT2D eigenvalue weighted by Gasteiger charge is -2.04. The summed E-state index contributed by atoms with van der Waals surface area (Å²) < 4.78 is 14.6. The van der Waals surface area contributed by atoms with Gasteiger partial charge in [0.25, 0.3) is 0 Å². The molecule has 2 aromatic carbocycles. The highest BCUT2D eigenvalue weighted by Crippen LogP contribution is 2.11. The molecule has 100 valence electrons. The van der Waals surface area contributed by atoms with E-state index in [1.807, 2.05) is 47.4 Å². The van der Waals surface area contributed by atoms with Gasteiger partial charge in [-0.15, -0.1) is 0 Å². The first kappa shape index (κ1) is 12.4. The summed E-state index contributed by atoms with van der Waals surface area (Å²) >= 11 is 0. The fraction of sp³-hybridized carbons (Fsp3) is 0.0625. The Bertz CT molecular complexity index is 674. The van der Waals surface area contributed by atoms with Gasteiger partial charge in [-0.3, -0.25) is 0 Å². The van der Waals surface area contributed by atoms with E-state index in [1.165, 1.54) is 12.1 Å². The standard InChI is InChI=1S/C16H14FN3/c17-14-6-8-15(9-7-14)18-10-13-11-19-20(12-13)16-4-2-1-3-5-16/h1-9,11-12,18H,10H2. The zero-order valence-electron chi connectivity index (χ0n) is 10.8. The van der Waals surface area contributed by atoms with Gasteiger partial charge < -0.3 is 5.32 Å². The number of halogens is 1. The van der Waals surface area contributed by atoms with E-state index in [9.17, 15) is 4.39 Å². The number of anilines is 1. The topological polar surface area (TPSA) is 29.9 Å². The highest BCUT2D eigenvalue weighted by Gasteiger charge is 2.00. The molecule has 0 aliphatic heterocycles. The predicted octanol–water partition coefficient (Wildman–Crippen LogP) is 3.62. The summed E-state index contributed by atoms with van der Waals surface area (Å²) in [6.07, 6.45) is 3.80. The molecular weight excluding hydrogens is 253 g/mol. The molecule has 0 unspecified atom stereocenters. The van der Waals surface area contributed by atoms with E-state index in [4.69, 9.17) is 0 Å². The van der Waals surface area contributed by atoms with Crippen molar-refractivity contribution in [1.29, 1.82) is 0 Å². The van der Waals surface area contributed by atoms with Crippen molar-refractivity contribution in [3.63, 3.8) is 0 Å². The van der Waals surface area contributed by atoms with Crippen LogP contribution in [0.25, 0.3) is 5.69 Å². The summed E-state index contributed by atoms with van der Waals surface area (Å²) in [6, 6.07) is 16.3. The Morgan fingerprint density at radius 1 is 1.00 bits per heavy atom. The van der Waals surface area contributed by atoms with Crippen LogP contribution in [-0.4, -0.2) is 9.78 Å². The van der Waals surface area contributed by atoms with Crippen LogP contribution in [0, 0.1) is 5.82 Å². The Morgan fingerprint density at radius 2 is 1.75 bits per heavy atom. The molecule has 0 bridgehead atoms. The van der Waals surface area contributed by atoms with Crippen molar-refractivity contribution in [3.05, 3.63) is 78.4 Å². The van der Waals surface area contributed by atoms with Gasteiger partial charge in [0, 0.05) is 24.0 Å². The van der Waals surface area contributed by atoms with Crippen molar-refractivity contribution in [2.75, 3.05) is 5.32 Å². The second-order valence-corrected chi connectivity index (χ2v) is 4.49. The summed E-state index contributed by atoms with van der Waals surface area (Å²) in [7, 11) is 0. The third-order valence-corrected chi connectivity index (χ3v) is 3.00. The Kier molecular flexibility index (Phi) is 3.46. The number of nitrogens with zero attached hydrogens (tertiary/aromatic N) is 2. The molecule has 0 spiro atoms. The van der Waals surface area contributed by atoms with Crippen molar-refractivity contribution in [2.45, 2.75) is 6.54 Å². The highest BCUT2D eigenvalue weighted by atomic mass is 19.1. The van der Waals surface area contributed by atoms with Gasteiger partial charge >= 0.3 is 0 Å². The molecule has 0 radical (unpaired) electrons. The van der Waals surface area contributed by atoms with Crippen molar-refractivity contribution in [2.24, 2.45) is 0 Å². The van der Waals surface area contributed by atoms with E-state index >= 15 is 0 Å². The monoisotopic (exact) mass is 267 g/mol. The molecule has 0 fully saturated rings. The molecule has 4 heteroatoms. The molecule has 1 heterocycles. The van der Waals surface area contributed by atoms with Crippen LogP contribution in [0.4, 0.5) is 10.1 Å². The third kappa shape index (κ3) is 2.85. The molecule has 0 saturated carbocycles. The molecule has 0 saturated heterocycles. The second-order valence-electron chi connectivity index (χ2n) is 4.49. The van der Waals surface area contributed by atoms with Crippen LogP contribution in [0.15, 0.2) is 67.0 Å². The molecule has 0 aliphatic carbocycles. The van der Waals surface area contributed by atoms with Crippen molar-refractivity contribution in [1.82, 2.24) is 9.78 Å². The van der Waals surface area contributed by atoms with Crippen LogP contribution in [0.5, 0.6) is 0 Å². The largest absolute Gasteiger partial charge is 0.381 e. The number of hydrogen-bond acceptors (Lipinski definition) is 2. The van der Waals surface area contributed by atoms with E-state index < -0.39 is 0 Å². The van der Waals surface area contributed by atoms with Crippen molar-refractivity contribution in [3.8, 4) is 5.69 Å². The summed E-state index contributed by atoms with van der Waals surface area (Å²) in [5, 5.41) is 7.56. The molecule has 1 N–H and O–H groups in total. The molecule has 0 amide bonds. The van der Waals surface area contributed by atoms with Crippen LogP contribution >= 0.6 is 0 Å². The molecule has 20 heavy (non-hydrogen) atoms. The van der Waals surface area contributed by atoms with E-state index in [2.05, 4.69) is 10.4 Å². The number of nitrogens with one attached hydrogen (secondary N) is 1. The molecule has 3 rings (SSSR count). The van der Waals surface area contributed by atoms with Crippen molar-refractivity contribution >= 4 is 5.69 Å². The average Bonchev–Trinajstić information content (AvgIpc) is 2.97. The first-order chi connectivity index (χ1) is 9.81. The van der Waals surface area contributed by atoms with Gasteiger partial charge in [-0.05, 0) is 36.4 Å². The first-order valence-corrected chi connectivity index (χ1v) is 6.40. The summed E-state index contributed by atoms with van der Waals surface area (Å²) in [4.78, 5) is 0. The smallest absolute Gasteiger partial charge is 0.123 e. The second kappa shape index (κ2) is 5.57. The minimum atomic E-state index is -0.229. The molecular formula is C16H14FN3. The fourth-order valence-corrected chi connectivity index (χ4v) is 1.95. The van der Waals surface area contributed by atoms with Crippen LogP contribution < -0.4 is 5.32 Å². The van der Waals surface area contributed by atoms with E-state index in [0.717, 1.165) is 16.9 Å². The maximum Gasteiger partial charge on any atom is 0.123 e. The number of benzene rings is 2. The Morgan fingerprint density at radius 3 is 2.50 bits per heavy atom. The van der Waals surface area contributed by atoms with Gasteiger partial charge in [0.15, 0.2) is 0 Å². The van der Waals surface area contributed by atoms with Gasteiger partial charge in [-0.2, -0.15) is 5.10 Å². The lowest BCUT2D eigenvalue weighted by atomic mass is 10.3. The van der Waals surface area contributed by atoms with Gasteiger partial charge in [-0.25, -0.2) is 9.07 Å². The van der Waals surface area contributed by atoms with Gasteiger partial charge in [0.05, 0.1) is 11.9 Å². The van der Waals surface area contributed by atoms with E-state index in [-0.39, 0.29) is 5.82 Å². The summed E-state index contributed by atoms with van der Waals surface area (Å²) in [6.45, 7) is 0.651. The third-order valence-electron chi connectivity index (χ3n) is 3.00. The maximum absolute atomic E-state index is 12.8. The van der Waals surface area contributed by atoms with Crippen LogP contribution in [-0.2, 0) is 6.54 Å². The Hall–Kier alpha value is -2.62. The Balaban J connectivity index is 1.67. The zero-order valence-corrected chi connectivity index (χ0v) is 10.8. The van der Waals surface area contributed by atoms with Crippen LogP contribution in [0.2, 0.25) is 0 Å². The van der Waals surface area contributed by atoms with E-state index in [1.54, 1.807) is 12.1 Å². The molecule has 3 aromatic rings. The maximum atomic E-state index is 12.8. The van der Waals surface area contributed by atoms with Crippen molar-refractivity contribution < 1.29 is 4.39 Å². The summed E-state index contributed by atoms with van der Waals surface area (Å²) in [5.74, 6) is -0.229. The number of aromatic nitrogens is 2. The molecule has 0 aliphatic rings. The quantitative estimate of drug-likeness (QED) is 0.782.